The molecule has 0 radical (unpaired) electrons. The van der Waals surface area contributed by atoms with Crippen LogP contribution < -0.4 is 0 Å². The second-order valence-electron chi connectivity index (χ2n) is 4.04. The van der Waals surface area contributed by atoms with E-state index in [1.54, 1.807) is 7.05 Å². The number of carboxylic acid groups (broad SMARTS) is 1. The van der Waals surface area contributed by atoms with E-state index in [2.05, 4.69) is 0 Å². The molecule has 0 saturated carbocycles. The SMILES string of the molecule is CCN(C)C(=O)N1CCC(C)C1C(=O)O. The number of carbonyl (C=O) groups excluding carboxylic acids is 1. The Kier molecular flexibility index (Phi) is 3.55. The first-order chi connectivity index (χ1) is 6.99. The van der Waals surface area contributed by atoms with Gasteiger partial charge >= 0.3 is 12.0 Å². The highest BCUT2D eigenvalue weighted by molar-refractivity contribution is 5.83. The Morgan fingerprint density at radius 2 is 2.13 bits per heavy atom. The van der Waals surface area contributed by atoms with Crippen molar-refractivity contribution in [3.05, 3.63) is 0 Å². The zero-order chi connectivity index (χ0) is 11.6. The summed E-state index contributed by atoms with van der Waals surface area (Å²) in [7, 11) is 1.68. The number of nitrogens with zero attached hydrogens (tertiary/aromatic N) is 2. The fourth-order valence-electron chi connectivity index (χ4n) is 1.89. The number of hydrogen-bond donors (Lipinski definition) is 1. The van der Waals surface area contributed by atoms with Gasteiger partial charge in [0.25, 0.3) is 0 Å². The zero-order valence-corrected chi connectivity index (χ0v) is 9.43. The molecule has 0 aromatic heterocycles. The largest absolute Gasteiger partial charge is 0.480 e. The minimum Gasteiger partial charge on any atom is -0.480 e. The van der Waals surface area contributed by atoms with Gasteiger partial charge in [-0.05, 0) is 19.3 Å². The molecule has 15 heavy (non-hydrogen) atoms. The average Bonchev–Trinajstić information content (AvgIpc) is 2.57. The summed E-state index contributed by atoms with van der Waals surface area (Å²) in [5, 5.41) is 9.05. The molecule has 5 nitrogen and oxygen atoms in total. The van der Waals surface area contributed by atoms with E-state index in [1.165, 1.54) is 9.80 Å². The molecule has 0 aromatic rings. The third kappa shape index (κ3) is 2.22. The number of urea groups is 1. The molecule has 2 unspecified atom stereocenters. The Bertz CT molecular complexity index is 267. The molecule has 1 rings (SSSR count). The van der Waals surface area contributed by atoms with Crippen LogP contribution in [0.15, 0.2) is 0 Å². The molecule has 1 aliphatic rings. The van der Waals surface area contributed by atoms with Gasteiger partial charge < -0.3 is 14.9 Å². The molecule has 0 aliphatic carbocycles. The van der Waals surface area contributed by atoms with E-state index >= 15 is 0 Å². The predicted molar refractivity (Wildman–Crippen MR) is 55.6 cm³/mol. The molecule has 86 valence electrons. The van der Waals surface area contributed by atoms with Gasteiger partial charge in [0.15, 0.2) is 0 Å². The van der Waals surface area contributed by atoms with Gasteiger partial charge in [0.05, 0.1) is 0 Å². The summed E-state index contributed by atoms with van der Waals surface area (Å²) in [6.07, 6.45) is 0.764. The van der Waals surface area contributed by atoms with Crippen LogP contribution in [0.1, 0.15) is 20.3 Å². The van der Waals surface area contributed by atoms with Crippen LogP contribution in [-0.4, -0.2) is 53.1 Å². The van der Waals surface area contributed by atoms with Crippen molar-refractivity contribution in [2.24, 2.45) is 5.92 Å². The Morgan fingerprint density at radius 1 is 1.53 bits per heavy atom. The van der Waals surface area contributed by atoms with Crippen LogP contribution >= 0.6 is 0 Å². The molecular weight excluding hydrogens is 196 g/mol. The number of amides is 2. The maximum Gasteiger partial charge on any atom is 0.326 e. The van der Waals surface area contributed by atoms with Gasteiger partial charge in [0, 0.05) is 20.1 Å². The first-order valence-electron chi connectivity index (χ1n) is 5.23. The summed E-state index contributed by atoms with van der Waals surface area (Å²) in [6, 6.07) is -0.847. The molecule has 1 fully saturated rings. The molecule has 1 N–H and O–H groups in total. The van der Waals surface area contributed by atoms with Crippen molar-refractivity contribution in [3.63, 3.8) is 0 Å². The van der Waals surface area contributed by atoms with Gasteiger partial charge in [0.1, 0.15) is 6.04 Å². The molecule has 1 aliphatic heterocycles. The van der Waals surface area contributed by atoms with Crippen LogP contribution in [0.4, 0.5) is 4.79 Å². The van der Waals surface area contributed by atoms with Crippen LogP contribution in [-0.2, 0) is 4.79 Å². The summed E-state index contributed by atoms with van der Waals surface area (Å²) < 4.78 is 0. The standard InChI is InChI=1S/C10H18N2O3/c1-4-11(3)10(15)12-6-5-7(2)8(12)9(13)14/h7-8H,4-6H2,1-3H3,(H,13,14). The normalized spacial score (nSPS) is 25.4. The van der Waals surface area contributed by atoms with Gasteiger partial charge in [0.2, 0.25) is 0 Å². The topological polar surface area (TPSA) is 60.9 Å². The van der Waals surface area contributed by atoms with Gasteiger partial charge in [-0.15, -0.1) is 0 Å². The van der Waals surface area contributed by atoms with Crippen LogP contribution in [0.3, 0.4) is 0 Å². The highest BCUT2D eigenvalue weighted by Gasteiger charge is 2.40. The van der Waals surface area contributed by atoms with E-state index in [9.17, 15) is 9.59 Å². The Morgan fingerprint density at radius 3 is 2.60 bits per heavy atom. The Labute approximate surface area is 89.7 Å². The molecular formula is C10H18N2O3. The zero-order valence-electron chi connectivity index (χ0n) is 9.43. The van der Waals surface area contributed by atoms with Crippen LogP contribution in [0.5, 0.6) is 0 Å². The maximum absolute atomic E-state index is 11.8. The fourth-order valence-corrected chi connectivity index (χ4v) is 1.89. The van der Waals surface area contributed by atoms with Crippen LogP contribution in [0.2, 0.25) is 0 Å². The van der Waals surface area contributed by atoms with E-state index in [1.807, 2.05) is 13.8 Å². The van der Waals surface area contributed by atoms with Crippen molar-refractivity contribution in [1.82, 2.24) is 9.80 Å². The summed E-state index contributed by atoms with van der Waals surface area (Å²) in [5.74, 6) is -0.866. The Hall–Kier alpha value is -1.26. The lowest BCUT2D eigenvalue weighted by atomic mass is 10.0. The molecule has 1 saturated heterocycles. The van der Waals surface area contributed by atoms with Crippen molar-refractivity contribution >= 4 is 12.0 Å². The molecule has 0 spiro atoms. The lowest BCUT2D eigenvalue weighted by molar-refractivity contribution is -0.142. The number of hydrogen-bond acceptors (Lipinski definition) is 2. The monoisotopic (exact) mass is 214 g/mol. The van der Waals surface area contributed by atoms with E-state index < -0.39 is 12.0 Å². The minimum absolute atomic E-state index is 0.0386. The minimum atomic E-state index is -0.905. The molecule has 1 heterocycles. The second-order valence-corrected chi connectivity index (χ2v) is 4.04. The highest BCUT2D eigenvalue weighted by atomic mass is 16.4. The van der Waals surface area contributed by atoms with Gasteiger partial charge in [-0.1, -0.05) is 6.92 Å². The fraction of sp³-hybridized carbons (Fsp3) is 0.800. The lowest BCUT2D eigenvalue weighted by Crippen LogP contribution is -2.48. The van der Waals surface area contributed by atoms with Gasteiger partial charge in [-0.25, -0.2) is 9.59 Å². The lowest BCUT2D eigenvalue weighted by Gasteiger charge is -2.27. The van der Waals surface area contributed by atoms with Crippen molar-refractivity contribution in [1.29, 1.82) is 0 Å². The molecule has 2 atom stereocenters. The van der Waals surface area contributed by atoms with Crippen molar-refractivity contribution in [2.45, 2.75) is 26.3 Å². The quantitative estimate of drug-likeness (QED) is 0.741. The summed E-state index contributed by atoms with van der Waals surface area (Å²) >= 11 is 0. The van der Waals surface area contributed by atoms with E-state index in [-0.39, 0.29) is 11.9 Å². The van der Waals surface area contributed by atoms with E-state index in [4.69, 9.17) is 5.11 Å². The number of aliphatic carboxylic acids is 1. The molecule has 0 aromatic carbocycles. The maximum atomic E-state index is 11.8. The number of rotatable bonds is 2. The average molecular weight is 214 g/mol. The summed E-state index contributed by atoms with van der Waals surface area (Å²) in [4.78, 5) is 25.8. The third-order valence-electron chi connectivity index (χ3n) is 3.00. The van der Waals surface area contributed by atoms with Crippen molar-refractivity contribution in [3.8, 4) is 0 Å². The highest BCUT2D eigenvalue weighted by Crippen LogP contribution is 2.24. The molecule has 0 bridgehead atoms. The van der Waals surface area contributed by atoms with Crippen LogP contribution in [0, 0.1) is 5.92 Å². The van der Waals surface area contributed by atoms with E-state index in [0.717, 1.165) is 6.42 Å². The number of carbonyl (C=O) groups is 2. The molecule has 2 amide bonds. The molecule has 5 heteroatoms. The predicted octanol–water partition coefficient (Wildman–Crippen LogP) is 0.853. The number of likely N-dealkylation sites (tertiary alicyclic amines) is 1. The summed E-state index contributed by atoms with van der Waals surface area (Å²) in [6.45, 7) is 4.88. The van der Waals surface area contributed by atoms with Crippen molar-refractivity contribution in [2.75, 3.05) is 20.1 Å². The summed E-state index contributed by atoms with van der Waals surface area (Å²) in [5.41, 5.74) is 0. The number of carboxylic acids is 1. The second kappa shape index (κ2) is 4.51. The first-order valence-corrected chi connectivity index (χ1v) is 5.23. The Balaban J connectivity index is 2.77. The van der Waals surface area contributed by atoms with Gasteiger partial charge in [-0.2, -0.15) is 0 Å². The van der Waals surface area contributed by atoms with Crippen molar-refractivity contribution < 1.29 is 14.7 Å². The third-order valence-corrected chi connectivity index (χ3v) is 3.00. The van der Waals surface area contributed by atoms with Gasteiger partial charge in [-0.3, -0.25) is 0 Å². The first kappa shape index (κ1) is 11.8. The van der Waals surface area contributed by atoms with Crippen LogP contribution in [0.25, 0.3) is 0 Å². The smallest absolute Gasteiger partial charge is 0.326 e. The van der Waals surface area contributed by atoms with E-state index in [0.29, 0.717) is 13.1 Å².